The highest BCUT2D eigenvalue weighted by Crippen LogP contribution is 2.49. The van der Waals surface area contributed by atoms with Crippen LogP contribution in [0.2, 0.25) is 0 Å². The normalized spacial score (nSPS) is 29.9. The molecule has 0 spiro atoms. The number of carboxylic acids is 1. The van der Waals surface area contributed by atoms with Crippen molar-refractivity contribution >= 4 is 5.97 Å². The molecule has 0 aliphatic heterocycles. The highest BCUT2D eigenvalue weighted by molar-refractivity contribution is 5.77. The third-order valence-electron chi connectivity index (χ3n) is 2.70. The molecule has 2 rings (SSSR count). The fraction of sp³-hybridized carbons (Fsp3) is 0.364. The molecule has 0 unspecified atom stereocenters. The maximum Gasteiger partial charge on any atom is 0.309 e. The lowest BCUT2D eigenvalue weighted by atomic mass is 10.1. The fourth-order valence-corrected chi connectivity index (χ4v) is 1.94. The monoisotopic (exact) mass is 192 g/mol. The van der Waals surface area contributed by atoms with Gasteiger partial charge in [0, 0.05) is 13.0 Å². The molecule has 0 aromatic heterocycles. The van der Waals surface area contributed by atoms with Gasteiger partial charge in [0.15, 0.2) is 0 Å². The average Bonchev–Trinajstić information content (AvgIpc) is 2.93. The lowest BCUT2D eigenvalue weighted by molar-refractivity contribution is -0.139. The summed E-state index contributed by atoms with van der Waals surface area (Å²) in [7, 11) is 1.56. The van der Waals surface area contributed by atoms with E-state index in [0.717, 1.165) is 5.56 Å². The van der Waals surface area contributed by atoms with E-state index in [1.807, 2.05) is 30.3 Å². The lowest BCUT2D eigenvalue weighted by Crippen LogP contribution is -2.02. The van der Waals surface area contributed by atoms with Gasteiger partial charge in [0.1, 0.15) is 0 Å². The van der Waals surface area contributed by atoms with Crippen molar-refractivity contribution in [3.63, 3.8) is 0 Å². The van der Waals surface area contributed by atoms with E-state index in [1.165, 1.54) is 0 Å². The molecule has 3 atom stereocenters. The van der Waals surface area contributed by atoms with Crippen LogP contribution in [0.3, 0.4) is 0 Å². The van der Waals surface area contributed by atoms with Crippen LogP contribution in [0.1, 0.15) is 11.5 Å². The first-order valence-electron chi connectivity index (χ1n) is 4.56. The minimum absolute atomic E-state index is 0.0266. The van der Waals surface area contributed by atoms with E-state index in [9.17, 15) is 4.79 Å². The van der Waals surface area contributed by atoms with Crippen LogP contribution in [0.15, 0.2) is 30.3 Å². The zero-order valence-electron chi connectivity index (χ0n) is 7.88. The molecule has 3 heteroatoms. The van der Waals surface area contributed by atoms with Crippen LogP contribution < -0.4 is 0 Å². The van der Waals surface area contributed by atoms with Gasteiger partial charge in [-0.05, 0) is 5.56 Å². The van der Waals surface area contributed by atoms with Gasteiger partial charge in [0.05, 0.1) is 12.0 Å². The topological polar surface area (TPSA) is 46.5 Å². The number of benzene rings is 1. The van der Waals surface area contributed by atoms with Crippen molar-refractivity contribution in [2.24, 2.45) is 5.92 Å². The van der Waals surface area contributed by atoms with Crippen LogP contribution in [-0.2, 0) is 9.53 Å². The maximum atomic E-state index is 10.8. The van der Waals surface area contributed by atoms with Crippen LogP contribution in [0.25, 0.3) is 0 Å². The molecular formula is C11H12O3. The van der Waals surface area contributed by atoms with Crippen LogP contribution in [0.5, 0.6) is 0 Å². The minimum Gasteiger partial charge on any atom is -0.481 e. The first-order valence-corrected chi connectivity index (χ1v) is 4.56. The van der Waals surface area contributed by atoms with Crippen LogP contribution in [0, 0.1) is 5.92 Å². The van der Waals surface area contributed by atoms with Gasteiger partial charge in [-0.1, -0.05) is 30.3 Å². The second-order valence-corrected chi connectivity index (χ2v) is 3.50. The molecule has 0 saturated heterocycles. The number of carboxylic acid groups (broad SMARTS) is 1. The third-order valence-corrected chi connectivity index (χ3v) is 2.70. The van der Waals surface area contributed by atoms with Gasteiger partial charge in [-0.2, -0.15) is 0 Å². The third kappa shape index (κ3) is 1.40. The van der Waals surface area contributed by atoms with E-state index >= 15 is 0 Å². The van der Waals surface area contributed by atoms with Crippen LogP contribution in [-0.4, -0.2) is 24.3 Å². The van der Waals surface area contributed by atoms with Gasteiger partial charge >= 0.3 is 5.97 Å². The van der Waals surface area contributed by atoms with E-state index in [2.05, 4.69) is 0 Å². The van der Waals surface area contributed by atoms with Crippen molar-refractivity contribution in [1.29, 1.82) is 0 Å². The smallest absolute Gasteiger partial charge is 0.309 e. The number of aliphatic carboxylic acids is 1. The van der Waals surface area contributed by atoms with Crippen LogP contribution >= 0.6 is 0 Å². The Balaban J connectivity index is 2.18. The molecular weight excluding hydrogens is 180 g/mol. The largest absolute Gasteiger partial charge is 0.481 e. The molecule has 0 heterocycles. The summed E-state index contributed by atoms with van der Waals surface area (Å²) in [6.07, 6.45) is -0.158. The molecule has 1 fully saturated rings. The Morgan fingerprint density at radius 1 is 1.36 bits per heavy atom. The number of hydrogen-bond donors (Lipinski definition) is 1. The standard InChI is InChI=1S/C11H12O3/c1-14-10-8(9(10)11(12)13)7-5-3-2-4-6-7/h2-6,8-10H,1H3,(H,12,13)/t8-,9+,10-/m1/s1. The minimum atomic E-state index is -0.772. The highest BCUT2D eigenvalue weighted by Gasteiger charge is 2.56. The molecule has 0 bridgehead atoms. The first kappa shape index (κ1) is 9.21. The Bertz CT molecular complexity index is 334. The van der Waals surface area contributed by atoms with E-state index in [1.54, 1.807) is 7.11 Å². The van der Waals surface area contributed by atoms with E-state index in [0.29, 0.717) is 0 Å². The Kier molecular flexibility index (Phi) is 2.25. The molecule has 1 aromatic carbocycles. The zero-order valence-corrected chi connectivity index (χ0v) is 7.88. The molecule has 3 nitrogen and oxygen atoms in total. The van der Waals surface area contributed by atoms with Crippen molar-refractivity contribution in [2.45, 2.75) is 12.0 Å². The predicted molar refractivity (Wildman–Crippen MR) is 51.1 cm³/mol. The van der Waals surface area contributed by atoms with Crippen molar-refractivity contribution in [1.82, 2.24) is 0 Å². The van der Waals surface area contributed by atoms with Gasteiger partial charge in [-0.25, -0.2) is 0 Å². The molecule has 1 aliphatic carbocycles. The summed E-state index contributed by atoms with van der Waals surface area (Å²) in [5.74, 6) is -1.12. The van der Waals surface area contributed by atoms with Crippen molar-refractivity contribution in [3.05, 3.63) is 35.9 Å². The molecule has 1 saturated carbocycles. The van der Waals surface area contributed by atoms with Gasteiger partial charge in [-0.3, -0.25) is 4.79 Å². The summed E-state index contributed by atoms with van der Waals surface area (Å²) in [5.41, 5.74) is 1.05. The number of methoxy groups -OCH3 is 1. The van der Waals surface area contributed by atoms with Gasteiger partial charge in [0.2, 0.25) is 0 Å². The number of ether oxygens (including phenoxy) is 1. The Morgan fingerprint density at radius 3 is 2.43 bits per heavy atom. The molecule has 1 aromatic rings. The number of rotatable bonds is 3. The summed E-state index contributed by atoms with van der Waals surface area (Å²) >= 11 is 0. The number of hydrogen-bond acceptors (Lipinski definition) is 2. The highest BCUT2D eigenvalue weighted by atomic mass is 16.5. The summed E-state index contributed by atoms with van der Waals surface area (Å²) < 4.78 is 5.12. The summed E-state index contributed by atoms with van der Waals surface area (Å²) in [6.45, 7) is 0. The number of carbonyl (C=O) groups is 1. The second-order valence-electron chi connectivity index (χ2n) is 3.50. The van der Waals surface area contributed by atoms with E-state index in [4.69, 9.17) is 9.84 Å². The first-order chi connectivity index (χ1) is 6.75. The maximum absolute atomic E-state index is 10.8. The van der Waals surface area contributed by atoms with Crippen molar-refractivity contribution in [2.75, 3.05) is 7.11 Å². The molecule has 0 amide bonds. The predicted octanol–water partition coefficient (Wildman–Crippen LogP) is 1.50. The Morgan fingerprint density at radius 2 is 2.00 bits per heavy atom. The van der Waals surface area contributed by atoms with Gasteiger partial charge in [0.25, 0.3) is 0 Å². The molecule has 74 valence electrons. The van der Waals surface area contributed by atoms with E-state index in [-0.39, 0.29) is 17.9 Å². The molecule has 0 radical (unpaired) electrons. The Hall–Kier alpha value is -1.35. The van der Waals surface area contributed by atoms with E-state index < -0.39 is 5.97 Å². The Labute approximate surface area is 82.3 Å². The van der Waals surface area contributed by atoms with Crippen molar-refractivity contribution in [3.8, 4) is 0 Å². The SMILES string of the molecule is CO[C@H]1[C@@H](C(=O)O)[C@H]1c1ccccc1. The zero-order chi connectivity index (χ0) is 10.1. The van der Waals surface area contributed by atoms with Gasteiger partial charge < -0.3 is 9.84 Å². The average molecular weight is 192 g/mol. The second kappa shape index (κ2) is 3.42. The summed E-state index contributed by atoms with van der Waals surface area (Å²) in [5, 5.41) is 8.91. The van der Waals surface area contributed by atoms with Crippen LogP contribution in [0.4, 0.5) is 0 Å². The fourth-order valence-electron chi connectivity index (χ4n) is 1.94. The summed E-state index contributed by atoms with van der Waals surface area (Å²) in [4.78, 5) is 10.8. The summed E-state index contributed by atoms with van der Waals surface area (Å²) in [6, 6.07) is 9.64. The molecule has 14 heavy (non-hydrogen) atoms. The van der Waals surface area contributed by atoms with Crippen molar-refractivity contribution < 1.29 is 14.6 Å². The van der Waals surface area contributed by atoms with Gasteiger partial charge in [-0.15, -0.1) is 0 Å². The molecule has 1 aliphatic rings. The lowest BCUT2D eigenvalue weighted by Gasteiger charge is -1.96. The quantitative estimate of drug-likeness (QED) is 0.789. The molecule has 1 N–H and O–H groups in total.